The normalized spacial score (nSPS) is 11.6. The SMILES string of the molecule is NCCN(CCNC(=O)CCCc1ccnc(-c2ccccn2)c1)CCNC(=O)CCCc1ccnc(-c2ccccn2)c1.O=C(O)CCCC(=O)NCCN(CCNC(=O)CCCc1ccnc(-c2ccccn2)c1)CCNC(=O)CCCc1ccnc(-c2ccccn2)c1.O=C1CCCC(=O)O1.[2H]CF. The molecule has 8 aromatic heterocycles. The van der Waals surface area contributed by atoms with Crippen LogP contribution in [0.5, 0.6) is 0 Å². The number of nitrogens with two attached hydrogens (primary N) is 1. The minimum absolute atomic E-state index is 0.0337. The Bertz CT molecular complexity index is 3730. The lowest BCUT2D eigenvalue weighted by Crippen LogP contribution is -2.43. The highest BCUT2D eigenvalue weighted by atomic mass is 19.1. The Labute approximate surface area is 620 Å². The maximum absolute atomic E-state index is 12.6. The molecule has 0 bridgehead atoms. The molecule has 8 aromatic rings. The van der Waals surface area contributed by atoms with E-state index >= 15 is 0 Å². The molecule has 0 saturated carbocycles. The quantitative estimate of drug-likeness (QED) is 0.0140. The number of aliphatic carboxylic acids is 1. The van der Waals surface area contributed by atoms with Gasteiger partial charge in [-0.1, -0.05) is 24.3 Å². The van der Waals surface area contributed by atoms with E-state index in [9.17, 15) is 42.7 Å². The summed E-state index contributed by atoms with van der Waals surface area (Å²) in [7, 11) is -1.00. The first-order valence-electron chi connectivity index (χ1n) is 36.6. The van der Waals surface area contributed by atoms with Crippen molar-refractivity contribution in [2.75, 3.05) is 85.7 Å². The highest BCUT2D eigenvalue weighted by Crippen LogP contribution is 2.20. The smallest absolute Gasteiger partial charge is 0.313 e. The van der Waals surface area contributed by atoms with Crippen LogP contribution in [0.25, 0.3) is 45.6 Å². The van der Waals surface area contributed by atoms with Crippen molar-refractivity contribution in [2.24, 2.45) is 5.73 Å². The molecular formula is C79H99FN16O10. The Morgan fingerprint density at radius 2 is 0.670 bits per heavy atom. The van der Waals surface area contributed by atoms with Crippen LogP contribution in [-0.2, 0) is 68.8 Å². The van der Waals surface area contributed by atoms with E-state index in [1.807, 2.05) is 121 Å². The van der Waals surface area contributed by atoms with Crippen molar-refractivity contribution in [1.29, 1.82) is 0 Å². The monoisotopic (exact) mass is 1450 g/mol. The number of carbonyl (C=O) groups excluding carboxylic acids is 7. The van der Waals surface area contributed by atoms with Gasteiger partial charge in [-0.05, 0) is 184 Å². The largest absolute Gasteiger partial charge is 0.481 e. The Balaban J connectivity index is 0.000000295. The Hall–Kier alpha value is -11.0. The molecule has 1 aliphatic heterocycles. The molecule has 1 aliphatic rings. The number of rotatable bonds is 41. The number of hydrogen-bond acceptors (Lipinski definition) is 20. The van der Waals surface area contributed by atoms with Gasteiger partial charge in [-0.15, -0.1) is 0 Å². The Kier molecular flexibility index (Phi) is 39.1. The number of carboxylic acids is 1. The number of pyridine rings is 8. The van der Waals surface area contributed by atoms with Crippen LogP contribution in [0.1, 0.15) is 114 Å². The number of amides is 5. The molecule has 0 spiro atoms. The molecule has 9 rings (SSSR count). The zero-order chi connectivity index (χ0) is 76.3. The van der Waals surface area contributed by atoms with Crippen LogP contribution in [0.15, 0.2) is 171 Å². The zero-order valence-electron chi connectivity index (χ0n) is 61.1. The molecule has 9 heterocycles. The summed E-state index contributed by atoms with van der Waals surface area (Å²) < 4.78 is 19.7. The van der Waals surface area contributed by atoms with Gasteiger partial charge >= 0.3 is 17.9 Å². The van der Waals surface area contributed by atoms with Crippen LogP contribution in [0, 0.1) is 0 Å². The van der Waals surface area contributed by atoms with Gasteiger partial charge < -0.3 is 42.2 Å². The maximum Gasteiger partial charge on any atom is 0.313 e. The Morgan fingerprint density at radius 1 is 0.406 bits per heavy atom. The summed E-state index contributed by atoms with van der Waals surface area (Å²) in [6, 6.07) is 38.9. The van der Waals surface area contributed by atoms with E-state index in [-0.39, 0.29) is 60.7 Å². The fourth-order valence-corrected chi connectivity index (χ4v) is 11.0. The number of carboxylic acid groups (broad SMARTS) is 1. The molecule has 106 heavy (non-hydrogen) atoms. The van der Waals surface area contributed by atoms with Crippen LogP contribution >= 0.6 is 0 Å². The number of alkyl halides is 1. The van der Waals surface area contributed by atoms with Crippen LogP contribution in [-0.4, -0.2) is 188 Å². The van der Waals surface area contributed by atoms with Gasteiger partial charge in [0.25, 0.3) is 0 Å². The fraction of sp³-hybridized carbons (Fsp3) is 0.392. The number of aryl methyl sites for hydroxylation is 4. The summed E-state index contributed by atoms with van der Waals surface area (Å²) in [5.41, 5.74) is 16.8. The first-order chi connectivity index (χ1) is 52.2. The predicted molar refractivity (Wildman–Crippen MR) is 402 cm³/mol. The van der Waals surface area contributed by atoms with E-state index in [1.165, 1.54) is 0 Å². The highest BCUT2D eigenvalue weighted by molar-refractivity contribution is 5.88. The molecule has 0 aliphatic carbocycles. The molecule has 0 atom stereocenters. The van der Waals surface area contributed by atoms with Gasteiger partial charge in [-0.2, -0.15) is 0 Å². The minimum Gasteiger partial charge on any atom is -0.481 e. The molecule has 0 aromatic carbocycles. The molecular weight excluding hydrogens is 1350 g/mol. The number of aromatic nitrogens is 8. The van der Waals surface area contributed by atoms with Crippen molar-refractivity contribution in [1.82, 2.24) is 76.3 Å². The van der Waals surface area contributed by atoms with Crippen molar-refractivity contribution < 1.29 is 54.0 Å². The topological polar surface area (TPSA) is 362 Å². The first kappa shape index (κ1) is 82.3. The Morgan fingerprint density at radius 3 is 0.906 bits per heavy atom. The number of nitrogens with zero attached hydrogens (tertiary/aromatic N) is 10. The van der Waals surface area contributed by atoms with E-state index in [2.05, 4.69) is 81.0 Å². The summed E-state index contributed by atoms with van der Waals surface area (Å²) >= 11 is 0. The van der Waals surface area contributed by atoms with Gasteiger partial charge in [0.05, 0.1) is 54.1 Å². The molecule has 562 valence electrons. The summed E-state index contributed by atoms with van der Waals surface area (Å²) in [6.07, 6.45) is 23.5. The van der Waals surface area contributed by atoms with E-state index in [4.69, 9.17) is 12.2 Å². The molecule has 0 radical (unpaired) electrons. The lowest BCUT2D eigenvalue weighted by atomic mass is 10.1. The van der Waals surface area contributed by atoms with E-state index in [1.54, 1.807) is 49.6 Å². The molecule has 8 N–H and O–H groups in total. The highest BCUT2D eigenvalue weighted by Gasteiger charge is 2.17. The second-order valence-corrected chi connectivity index (χ2v) is 24.6. The number of carbonyl (C=O) groups is 8. The van der Waals surface area contributed by atoms with Gasteiger partial charge in [-0.25, -0.2) is 0 Å². The minimum atomic E-state index is -1.00. The standard InChI is InChI=1S/C39H48N8O5.C34H42N8O2.C5H6O3.CH3F/c48-36(12-5-8-30-16-20-42-34(28-30)32-10-1-3-18-40-32)44-22-25-47(27-24-46-38(50)14-7-15-39(51)52)26-23-45-37(49)13-6-9-31-17-21-43-35(29-31)33-11-2-4-19-41-33;35-15-22-42(23-20-40-33(43)11-5-7-27-13-18-38-31(25-27)29-9-1-3-16-36-29)24-21-41-34(44)12-6-8-28-14-19-39-32(26-28)30-10-2-4-17-37-30;6-4-2-1-3-5(7)8-4;1-2/h1-4,10-11,16-21,28-29H,5-9,12-15,22-27H2,(H,44,48)(H,45,49)(H,46,50)(H,51,52);1-4,9-10,13-14,16-19,25-26H,5-8,11-12,15,20-24,35H2,(H,40,43)(H,41,44);1-3H2;1H3/i;;;1D. The van der Waals surface area contributed by atoms with Gasteiger partial charge in [0.2, 0.25) is 29.5 Å². The van der Waals surface area contributed by atoms with Crippen molar-refractivity contribution >= 4 is 47.4 Å². The van der Waals surface area contributed by atoms with Crippen LogP contribution in [0.2, 0.25) is 0 Å². The second kappa shape index (κ2) is 50.4. The molecule has 0 unspecified atom stereocenters. The summed E-state index contributed by atoms with van der Waals surface area (Å²) in [4.78, 5) is 133. The third-order valence-corrected chi connectivity index (χ3v) is 16.5. The summed E-state index contributed by atoms with van der Waals surface area (Å²) in [5, 5.41) is 23.7. The predicted octanol–water partition coefficient (Wildman–Crippen LogP) is 8.12. The molecule has 1 fully saturated rings. The van der Waals surface area contributed by atoms with Crippen LogP contribution < -0.4 is 32.3 Å². The van der Waals surface area contributed by atoms with Crippen molar-refractivity contribution in [3.8, 4) is 45.6 Å². The van der Waals surface area contributed by atoms with Crippen molar-refractivity contribution in [2.45, 2.75) is 116 Å². The number of ether oxygens (including phenoxy) is 1. The summed E-state index contributed by atoms with van der Waals surface area (Å²) in [5.74, 6) is -1.92. The van der Waals surface area contributed by atoms with Crippen molar-refractivity contribution in [3.05, 3.63) is 193 Å². The number of hydrogen-bond donors (Lipinski definition) is 7. The lowest BCUT2D eigenvalue weighted by Gasteiger charge is -2.23. The number of esters is 2. The van der Waals surface area contributed by atoms with E-state index < -0.39 is 13.1 Å². The van der Waals surface area contributed by atoms with Gasteiger partial charge in [-0.3, -0.25) is 92.4 Å². The molecule has 1 saturated heterocycles. The molecule has 26 nitrogen and oxygen atoms in total. The van der Waals surface area contributed by atoms with Crippen LogP contribution in [0.3, 0.4) is 0 Å². The van der Waals surface area contributed by atoms with Gasteiger partial charge in [0, 0.05) is 179 Å². The van der Waals surface area contributed by atoms with E-state index in [0.29, 0.717) is 136 Å². The number of nitrogens with one attached hydrogen (secondary N) is 5. The second-order valence-electron chi connectivity index (χ2n) is 24.6. The zero-order valence-corrected chi connectivity index (χ0v) is 60.1. The first-order valence-corrected chi connectivity index (χ1v) is 35.9. The summed E-state index contributed by atoms with van der Waals surface area (Å²) in [6.45, 7) is 6.45. The molecule has 27 heteroatoms. The fourth-order valence-electron chi connectivity index (χ4n) is 11.0. The van der Waals surface area contributed by atoms with E-state index in [0.717, 1.165) is 106 Å². The average Bonchev–Trinajstić information content (AvgIpc) is 0.884. The van der Waals surface area contributed by atoms with Crippen molar-refractivity contribution in [3.63, 3.8) is 0 Å². The third kappa shape index (κ3) is 35.0. The van der Waals surface area contributed by atoms with Gasteiger partial charge in [0.1, 0.15) is 0 Å². The third-order valence-electron chi connectivity index (χ3n) is 16.5. The van der Waals surface area contributed by atoms with Gasteiger partial charge in [0.15, 0.2) is 0 Å². The molecule has 5 amide bonds. The van der Waals surface area contributed by atoms with Crippen LogP contribution in [0.4, 0.5) is 4.39 Å². The maximum atomic E-state index is 12.6. The lowest BCUT2D eigenvalue weighted by molar-refractivity contribution is -0.163. The average molecular weight is 1450 g/mol. The number of halogens is 1. The number of cyclic esters (lactones) is 2.